The lowest BCUT2D eigenvalue weighted by molar-refractivity contribution is -0.129. The third-order valence-electron chi connectivity index (χ3n) is 4.78. The predicted molar refractivity (Wildman–Crippen MR) is 90.6 cm³/mol. The fourth-order valence-electron chi connectivity index (χ4n) is 3.28. The number of rotatable bonds is 4. The van der Waals surface area contributed by atoms with E-state index < -0.39 is 0 Å². The van der Waals surface area contributed by atoms with Crippen LogP contribution in [0.5, 0.6) is 5.75 Å². The first-order valence-corrected chi connectivity index (χ1v) is 8.10. The van der Waals surface area contributed by atoms with Gasteiger partial charge in [-0.1, -0.05) is 24.3 Å². The van der Waals surface area contributed by atoms with Crippen LogP contribution in [0.2, 0.25) is 0 Å². The summed E-state index contributed by atoms with van der Waals surface area (Å²) in [6, 6.07) is 12.0. The molecule has 2 aromatic rings. The number of carbonyl (C=O) groups is 1. The number of ether oxygens (including phenoxy) is 1. The van der Waals surface area contributed by atoms with E-state index in [-0.39, 0.29) is 17.9 Å². The number of aliphatic hydroxyl groups excluding tert-OH is 1. The Labute approximate surface area is 136 Å². The molecule has 0 aliphatic carbocycles. The highest BCUT2D eigenvalue weighted by Gasteiger charge is 2.29. The van der Waals surface area contributed by atoms with Gasteiger partial charge in [0.25, 0.3) is 0 Å². The van der Waals surface area contributed by atoms with Crippen LogP contribution >= 0.6 is 0 Å². The van der Waals surface area contributed by atoms with E-state index in [0.717, 1.165) is 35.1 Å². The van der Waals surface area contributed by atoms with Crippen LogP contribution < -0.4 is 4.74 Å². The number of aliphatic hydroxyl groups is 1. The van der Waals surface area contributed by atoms with Gasteiger partial charge < -0.3 is 14.7 Å². The summed E-state index contributed by atoms with van der Waals surface area (Å²) in [5, 5.41) is 11.9. The predicted octanol–water partition coefficient (Wildman–Crippen LogP) is 2.62. The largest absolute Gasteiger partial charge is 0.497 e. The number of fused-ring (bicyclic) bond motifs is 1. The Kier molecular flexibility index (Phi) is 4.53. The van der Waals surface area contributed by atoms with Gasteiger partial charge in [-0.3, -0.25) is 4.79 Å². The zero-order valence-corrected chi connectivity index (χ0v) is 13.7. The molecule has 1 aliphatic rings. The smallest absolute Gasteiger partial charge is 0.227 e. The minimum absolute atomic E-state index is 0.128. The third-order valence-corrected chi connectivity index (χ3v) is 4.78. The van der Waals surface area contributed by atoms with Crippen LogP contribution in [0.4, 0.5) is 0 Å². The first-order valence-electron chi connectivity index (χ1n) is 8.10. The number of hydrogen-bond acceptors (Lipinski definition) is 3. The highest BCUT2D eigenvalue weighted by Crippen LogP contribution is 2.26. The van der Waals surface area contributed by atoms with Crippen molar-refractivity contribution in [2.24, 2.45) is 5.92 Å². The van der Waals surface area contributed by atoms with E-state index in [9.17, 15) is 9.90 Å². The van der Waals surface area contributed by atoms with E-state index in [1.54, 1.807) is 14.0 Å². The van der Waals surface area contributed by atoms with Gasteiger partial charge in [0.2, 0.25) is 5.91 Å². The topological polar surface area (TPSA) is 49.8 Å². The van der Waals surface area contributed by atoms with Crippen LogP contribution in [-0.2, 0) is 11.2 Å². The molecule has 0 spiro atoms. The quantitative estimate of drug-likeness (QED) is 0.944. The zero-order valence-electron chi connectivity index (χ0n) is 13.7. The van der Waals surface area contributed by atoms with Gasteiger partial charge >= 0.3 is 0 Å². The van der Waals surface area contributed by atoms with E-state index in [1.807, 2.05) is 41.3 Å². The maximum Gasteiger partial charge on any atom is 0.227 e. The fourth-order valence-corrected chi connectivity index (χ4v) is 3.28. The van der Waals surface area contributed by atoms with Crippen LogP contribution in [0.1, 0.15) is 18.9 Å². The number of methoxy groups -OCH3 is 1. The van der Waals surface area contributed by atoms with Crippen molar-refractivity contribution >= 4 is 16.7 Å². The van der Waals surface area contributed by atoms with Crippen LogP contribution in [-0.4, -0.2) is 42.2 Å². The SMILES string of the molecule is COc1ccc2cccc(CC(=O)N3CCC(C(C)O)C3)c2c1. The summed E-state index contributed by atoms with van der Waals surface area (Å²) in [7, 11) is 1.65. The molecule has 1 aliphatic heterocycles. The lowest BCUT2D eigenvalue weighted by atomic mass is 10.0. The van der Waals surface area contributed by atoms with Gasteiger partial charge in [0.15, 0.2) is 0 Å². The number of likely N-dealkylation sites (tertiary alicyclic amines) is 1. The second kappa shape index (κ2) is 6.59. The molecule has 23 heavy (non-hydrogen) atoms. The molecule has 3 rings (SSSR count). The fraction of sp³-hybridized carbons (Fsp3) is 0.421. The average Bonchev–Trinajstić information content (AvgIpc) is 3.05. The van der Waals surface area contributed by atoms with Crippen LogP contribution in [0.15, 0.2) is 36.4 Å². The van der Waals surface area contributed by atoms with Gasteiger partial charge in [0.1, 0.15) is 5.75 Å². The number of nitrogens with zero attached hydrogens (tertiary/aromatic N) is 1. The van der Waals surface area contributed by atoms with Crippen molar-refractivity contribution in [2.75, 3.05) is 20.2 Å². The van der Waals surface area contributed by atoms with E-state index in [4.69, 9.17) is 4.74 Å². The van der Waals surface area contributed by atoms with Crippen molar-refractivity contribution in [1.29, 1.82) is 0 Å². The minimum atomic E-state index is -0.352. The Hall–Kier alpha value is -2.07. The minimum Gasteiger partial charge on any atom is -0.497 e. The van der Waals surface area contributed by atoms with Gasteiger partial charge in [-0.05, 0) is 41.8 Å². The molecule has 0 saturated carbocycles. The molecule has 2 atom stereocenters. The second-order valence-corrected chi connectivity index (χ2v) is 6.31. The Morgan fingerprint density at radius 2 is 2.22 bits per heavy atom. The van der Waals surface area contributed by atoms with Crippen LogP contribution in [0, 0.1) is 5.92 Å². The third kappa shape index (κ3) is 3.32. The summed E-state index contributed by atoms with van der Waals surface area (Å²) in [6.07, 6.45) is 0.915. The molecule has 0 bridgehead atoms. The Bertz CT molecular complexity index is 711. The molecule has 0 radical (unpaired) electrons. The van der Waals surface area contributed by atoms with E-state index in [2.05, 4.69) is 0 Å². The van der Waals surface area contributed by atoms with E-state index in [1.165, 1.54) is 0 Å². The normalized spacial score (nSPS) is 19.1. The summed E-state index contributed by atoms with van der Waals surface area (Å²) in [5.41, 5.74) is 1.02. The van der Waals surface area contributed by atoms with Crippen molar-refractivity contribution in [1.82, 2.24) is 4.90 Å². The van der Waals surface area contributed by atoms with Crippen molar-refractivity contribution in [3.8, 4) is 5.75 Å². The molecule has 4 heteroatoms. The van der Waals surface area contributed by atoms with Crippen LogP contribution in [0.3, 0.4) is 0 Å². The molecule has 2 aromatic carbocycles. The highest BCUT2D eigenvalue weighted by molar-refractivity contribution is 5.91. The Balaban J connectivity index is 1.80. The molecular formula is C19H23NO3. The van der Waals surface area contributed by atoms with Crippen LogP contribution in [0.25, 0.3) is 10.8 Å². The highest BCUT2D eigenvalue weighted by atomic mass is 16.5. The van der Waals surface area contributed by atoms with Gasteiger partial charge in [0.05, 0.1) is 19.6 Å². The molecule has 0 aromatic heterocycles. The number of benzene rings is 2. The van der Waals surface area contributed by atoms with E-state index in [0.29, 0.717) is 13.0 Å². The molecule has 1 amide bonds. The van der Waals surface area contributed by atoms with E-state index >= 15 is 0 Å². The lowest BCUT2D eigenvalue weighted by Gasteiger charge is -2.18. The standard InChI is InChI=1S/C19H23NO3/c1-13(21)16-8-9-20(12-16)19(22)10-15-5-3-4-14-6-7-17(23-2)11-18(14)15/h3-7,11,13,16,21H,8-10,12H2,1-2H3. The maximum absolute atomic E-state index is 12.6. The van der Waals surface area contributed by atoms with Gasteiger partial charge in [-0.2, -0.15) is 0 Å². The molecule has 1 heterocycles. The lowest BCUT2D eigenvalue weighted by Crippen LogP contribution is -2.31. The van der Waals surface area contributed by atoms with Crippen molar-refractivity contribution in [3.63, 3.8) is 0 Å². The first-order chi connectivity index (χ1) is 11.1. The second-order valence-electron chi connectivity index (χ2n) is 6.31. The molecule has 1 N–H and O–H groups in total. The monoisotopic (exact) mass is 313 g/mol. The Morgan fingerprint density at radius 3 is 2.91 bits per heavy atom. The van der Waals surface area contributed by atoms with Crippen molar-refractivity contribution in [3.05, 3.63) is 42.0 Å². The molecule has 2 unspecified atom stereocenters. The molecule has 122 valence electrons. The van der Waals surface area contributed by atoms with Crippen molar-refractivity contribution < 1.29 is 14.6 Å². The summed E-state index contributed by atoms with van der Waals surface area (Å²) < 4.78 is 5.30. The summed E-state index contributed by atoms with van der Waals surface area (Å²) in [4.78, 5) is 14.5. The molecular weight excluding hydrogens is 290 g/mol. The molecule has 1 fully saturated rings. The van der Waals surface area contributed by atoms with Crippen molar-refractivity contribution in [2.45, 2.75) is 25.9 Å². The maximum atomic E-state index is 12.6. The number of hydrogen-bond donors (Lipinski definition) is 1. The molecule has 4 nitrogen and oxygen atoms in total. The Morgan fingerprint density at radius 1 is 1.39 bits per heavy atom. The summed E-state index contributed by atoms with van der Waals surface area (Å²) in [6.45, 7) is 3.20. The number of carbonyl (C=O) groups excluding carboxylic acids is 1. The summed E-state index contributed by atoms with van der Waals surface area (Å²) in [5.74, 6) is 1.13. The summed E-state index contributed by atoms with van der Waals surface area (Å²) >= 11 is 0. The van der Waals surface area contributed by atoms with Gasteiger partial charge in [-0.15, -0.1) is 0 Å². The van der Waals surface area contributed by atoms with Gasteiger partial charge in [-0.25, -0.2) is 0 Å². The van der Waals surface area contributed by atoms with Gasteiger partial charge in [0, 0.05) is 19.0 Å². The number of amides is 1. The molecule has 1 saturated heterocycles. The average molecular weight is 313 g/mol. The zero-order chi connectivity index (χ0) is 16.4. The first kappa shape index (κ1) is 15.8.